The van der Waals surface area contributed by atoms with E-state index in [-0.39, 0.29) is 5.56 Å². The molecule has 11 heavy (non-hydrogen) atoms. The summed E-state index contributed by atoms with van der Waals surface area (Å²) in [5.74, 6) is -0.401. The second kappa shape index (κ2) is 1.99. The largest absolute Gasteiger partial charge is 0.487 e. The smallest absolute Gasteiger partial charge is 0.339 e. The molecule has 0 bridgehead atoms. The average Bonchev–Trinajstić information content (AvgIpc) is 1.90. The van der Waals surface area contributed by atoms with E-state index in [1.807, 2.05) is 6.07 Å². The van der Waals surface area contributed by atoms with Crippen molar-refractivity contribution in [2.24, 2.45) is 0 Å². The van der Waals surface area contributed by atoms with Crippen molar-refractivity contribution in [3.8, 4) is 5.75 Å². The molecule has 2 rings (SSSR count). The molecule has 0 saturated heterocycles. The zero-order valence-corrected chi connectivity index (χ0v) is 5.70. The molecule has 1 heterocycles. The lowest BCUT2D eigenvalue weighted by Gasteiger charge is -2.21. The number of carbonyl (C=O) groups is 1. The normalized spacial score (nSPS) is 12.7. The average molecular weight is 150 g/mol. The maximum Gasteiger partial charge on any atom is 0.339 e. The molecule has 0 aromatic heterocycles. The Morgan fingerprint density at radius 1 is 1.55 bits per heavy atom. The molecule has 1 aromatic carbocycles. The summed E-state index contributed by atoms with van der Waals surface area (Å²) in [5, 5.41) is 8.64. The van der Waals surface area contributed by atoms with E-state index in [4.69, 9.17) is 9.84 Å². The van der Waals surface area contributed by atoms with Crippen LogP contribution in [0, 0.1) is 0 Å². The Morgan fingerprint density at radius 3 is 2.82 bits per heavy atom. The van der Waals surface area contributed by atoms with Gasteiger partial charge >= 0.3 is 5.97 Å². The van der Waals surface area contributed by atoms with Crippen molar-refractivity contribution in [2.45, 2.75) is 6.61 Å². The highest BCUT2D eigenvalue weighted by atomic mass is 16.5. The van der Waals surface area contributed by atoms with Crippen LogP contribution in [0.25, 0.3) is 0 Å². The number of carboxylic acids is 1. The molecule has 0 unspecified atom stereocenters. The van der Waals surface area contributed by atoms with Gasteiger partial charge in [0.05, 0.1) is 0 Å². The van der Waals surface area contributed by atoms with Crippen LogP contribution in [-0.4, -0.2) is 11.1 Å². The molecule has 0 fully saturated rings. The zero-order valence-electron chi connectivity index (χ0n) is 5.70. The molecule has 1 aliphatic heterocycles. The van der Waals surface area contributed by atoms with Crippen LogP contribution >= 0.6 is 0 Å². The van der Waals surface area contributed by atoms with E-state index in [0.717, 1.165) is 5.56 Å². The molecule has 0 radical (unpaired) electrons. The summed E-state index contributed by atoms with van der Waals surface area (Å²) >= 11 is 0. The molecule has 1 aromatic rings. The molecule has 0 aliphatic carbocycles. The zero-order chi connectivity index (χ0) is 7.84. The second-order valence-corrected chi connectivity index (χ2v) is 2.39. The minimum atomic E-state index is -0.929. The van der Waals surface area contributed by atoms with E-state index in [1.54, 1.807) is 12.1 Å². The monoisotopic (exact) mass is 150 g/mol. The second-order valence-electron chi connectivity index (χ2n) is 2.39. The van der Waals surface area contributed by atoms with Crippen molar-refractivity contribution < 1.29 is 14.6 Å². The molecule has 3 heteroatoms. The van der Waals surface area contributed by atoms with Gasteiger partial charge in [-0.2, -0.15) is 0 Å². The molecule has 0 spiro atoms. The lowest BCUT2D eigenvalue weighted by Crippen LogP contribution is -2.14. The highest BCUT2D eigenvalue weighted by Gasteiger charge is 2.21. The number of hydrogen-bond donors (Lipinski definition) is 1. The van der Waals surface area contributed by atoms with Gasteiger partial charge in [-0.25, -0.2) is 4.79 Å². The molecule has 0 amide bonds. The Kier molecular flexibility index (Phi) is 1.12. The van der Waals surface area contributed by atoms with Crippen molar-refractivity contribution in [3.05, 3.63) is 29.3 Å². The topological polar surface area (TPSA) is 46.5 Å². The first kappa shape index (κ1) is 6.22. The highest BCUT2D eigenvalue weighted by Crippen LogP contribution is 2.32. The minimum absolute atomic E-state index is 0.258. The quantitative estimate of drug-likeness (QED) is 0.655. The van der Waals surface area contributed by atoms with Crippen molar-refractivity contribution >= 4 is 5.97 Å². The van der Waals surface area contributed by atoms with E-state index >= 15 is 0 Å². The highest BCUT2D eigenvalue weighted by molar-refractivity contribution is 5.91. The summed E-state index contributed by atoms with van der Waals surface area (Å²) < 4.78 is 4.99. The Labute approximate surface area is 63.2 Å². The summed E-state index contributed by atoms with van der Waals surface area (Å²) in [6.07, 6.45) is 0. The Bertz CT molecular complexity index is 317. The summed E-state index contributed by atoms with van der Waals surface area (Å²) in [6.45, 7) is 0.538. The van der Waals surface area contributed by atoms with Crippen molar-refractivity contribution in [2.75, 3.05) is 0 Å². The predicted molar refractivity (Wildman–Crippen MR) is 37.7 cm³/mol. The SMILES string of the molecule is O=C(O)c1cccc2c1OC2. The molecule has 0 atom stereocenters. The van der Waals surface area contributed by atoms with E-state index in [0.29, 0.717) is 12.4 Å². The van der Waals surface area contributed by atoms with Crippen LogP contribution in [0.3, 0.4) is 0 Å². The van der Waals surface area contributed by atoms with Crippen molar-refractivity contribution in [3.63, 3.8) is 0 Å². The van der Waals surface area contributed by atoms with E-state index in [9.17, 15) is 4.79 Å². The molecular weight excluding hydrogens is 144 g/mol. The Morgan fingerprint density at radius 2 is 2.36 bits per heavy atom. The van der Waals surface area contributed by atoms with Crippen LogP contribution in [0.1, 0.15) is 15.9 Å². The maximum absolute atomic E-state index is 10.5. The number of aromatic carboxylic acids is 1. The van der Waals surface area contributed by atoms with E-state index < -0.39 is 5.97 Å². The van der Waals surface area contributed by atoms with Gasteiger partial charge in [-0.15, -0.1) is 0 Å². The van der Waals surface area contributed by atoms with Crippen LogP contribution in [0.2, 0.25) is 0 Å². The Balaban J connectivity index is 2.57. The third kappa shape index (κ3) is 0.774. The van der Waals surface area contributed by atoms with Gasteiger partial charge in [0.1, 0.15) is 17.9 Å². The number of fused-ring (bicyclic) bond motifs is 1. The van der Waals surface area contributed by atoms with Crippen molar-refractivity contribution in [1.82, 2.24) is 0 Å². The summed E-state index contributed by atoms with van der Waals surface area (Å²) in [5.41, 5.74) is 1.23. The van der Waals surface area contributed by atoms with Gasteiger partial charge in [0, 0.05) is 5.56 Å². The Hall–Kier alpha value is -1.51. The van der Waals surface area contributed by atoms with E-state index in [1.165, 1.54) is 0 Å². The molecule has 1 aliphatic rings. The number of ether oxygens (including phenoxy) is 1. The van der Waals surface area contributed by atoms with Gasteiger partial charge in [0.2, 0.25) is 0 Å². The van der Waals surface area contributed by atoms with E-state index in [2.05, 4.69) is 0 Å². The first-order valence-electron chi connectivity index (χ1n) is 3.27. The fraction of sp³-hybridized carbons (Fsp3) is 0.125. The van der Waals surface area contributed by atoms with Crippen LogP contribution < -0.4 is 4.74 Å². The lowest BCUT2D eigenvalue weighted by molar-refractivity contribution is 0.0687. The maximum atomic E-state index is 10.5. The molecule has 3 nitrogen and oxygen atoms in total. The molecule has 0 saturated carbocycles. The fourth-order valence-electron chi connectivity index (χ4n) is 1.11. The van der Waals surface area contributed by atoms with Gasteiger partial charge in [-0.1, -0.05) is 12.1 Å². The molecule has 1 N–H and O–H groups in total. The number of rotatable bonds is 1. The number of benzene rings is 1. The first-order valence-corrected chi connectivity index (χ1v) is 3.27. The lowest BCUT2D eigenvalue weighted by atomic mass is 10.1. The third-order valence-electron chi connectivity index (χ3n) is 1.70. The number of para-hydroxylation sites is 1. The van der Waals surface area contributed by atoms with Gasteiger partial charge in [0.25, 0.3) is 0 Å². The summed E-state index contributed by atoms with van der Waals surface area (Å²) in [4.78, 5) is 10.5. The fourth-order valence-corrected chi connectivity index (χ4v) is 1.11. The minimum Gasteiger partial charge on any atom is -0.487 e. The van der Waals surface area contributed by atoms with Crippen LogP contribution in [0.15, 0.2) is 18.2 Å². The standard InChI is InChI=1S/C8H6O3/c9-8(10)6-3-1-2-5-4-11-7(5)6/h1-3H,4H2,(H,9,10). The molecule has 56 valence electrons. The van der Waals surface area contributed by atoms with Crippen molar-refractivity contribution in [1.29, 1.82) is 0 Å². The van der Waals surface area contributed by atoms with Crippen LogP contribution in [0.5, 0.6) is 5.75 Å². The molecular formula is C8H6O3. The van der Waals surface area contributed by atoms with Gasteiger partial charge in [-0.3, -0.25) is 0 Å². The third-order valence-corrected chi connectivity index (χ3v) is 1.70. The van der Waals surface area contributed by atoms with Gasteiger partial charge in [-0.05, 0) is 6.07 Å². The van der Waals surface area contributed by atoms with Gasteiger partial charge in [0.15, 0.2) is 0 Å². The number of hydrogen-bond acceptors (Lipinski definition) is 2. The number of carboxylic acid groups (broad SMARTS) is 1. The summed E-state index contributed by atoms with van der Waals surface area (Å²) in [7, 11) is 0. The first-order chi connectivity index (χ1) is 5.29. The van der Waals surface area contributed by atoms with Crippen LogP contribution in [-0.2, 0) is 6.61 Å². The van der Waals surface area contributed by atoms with Gasteiger partial charge < -0.3 is 9.84 Å². The predicted octanol–water partition coefficient (Wildman–Crippen LogP) is 1.28. The van der Waals surface area contributed by atoms with Crippen LogP contribution in [0.4, 0.5) is 0 Å². The summed E-state index contributed by atoms with van der Waals surface area (Å²) in [6, 6.07) is 5.14.